The summed E-state index contributed by atoms with van der Waals surface area (Å²) < 4.78 is 5.55. The summed E-state index contributed by atoms with van der Waals surface area (Å²) in [5.41, 5.74) is 1.96. The van der Waals surface area contributed by atoms with Gasteiger partial charge in [-0.2, -0.15) is 0 Å². The highest BCUT2D eigenvalue weighted by atomic mass is 16.6. The molecule has 28 heavy (non-hydrogen) atoms. The van der Waals surface area contributed by atoms with Gasteiger partial charge in [-0.15, -0.1) is 0 Å². The van der Waals surface area contributed by atoms with Crippen molar-refractivity contribution in [3.63, 3.8) is 0 Å². The molecule has 6 heteroatoms. The van der Waals surface area contributed by atoms with Crippen LogP contribution in [0.2, 0.25) is 0 Å². The predicted octanol–water partition coefficient (Wildman–Crippen LogP) is 5.13. The van der Waals surface area contributed by atoms with Crippen LogP contribution in [0.4, 0.5) is 17.1 Å². The Labute approximate surface area is 162 Å². The number of hydrogen-bond donors (Lipinski definition) is 1. The number of carbonyl (C=O) groups excluding carboxylic acids is 1. The first-order valence-electron chi connectivity index (χ1n) is 8.58. The molecule has 0 heterocycles. The molecule has 0 saturated carbocycles. The molecule has 1 N–H and O–H groups in total. The Bertz CT molecular complexity index is 1010. The van der Waals surface area contributed by atoms with Gasteiger partial charge in [0.15, 0.2) is 5.78 Å². The zero-order valence-electron chi connectivity index (χ0n) is 15.0. The Morgan fingerprint density at radius 1 is 1.04 bits per heavy atom. The second-order valence-electron chi connectivity index (χ2n) is 5.90. The number of benzene rings is 3. The summed E-state index contributed by atoms with van der Waals surface area (Å²) >= 11 is 0. The average molecular weight is 374 g/mol. The smallest absolute Gasteiger partial charge is 0.292 e. The highest BCUT2D eigenvalue weighted by Crippen LogP contribution is 2.28. The van der Waals surface area contributed by atoms with E-state index in [1.165, 1.54) is 6.07 Å². The minimum Gasteiger partial charge on any atom is -0.489 e. The van der Waals surface area contributed by atoms with Crippen molar-refractivity contribution in [3.8, 4) is 5.75 Å². The lowest BCUT2D eigenvalue weighted by Crippen LogP contribution is -2.05. The predicted molar refractivity (Wildman–Crippen MR) is 108 cm³/mol. The maximum absolute atomic E-state index is 12.8. The molecule has 3 rings (SSSR count). The molecule has 0 bridgehead atoms. The van der Waals surface area contributed by atoms with E-state index in [9.17, 15) is 14.9 Å². The number of nitro benzene ring substituents is 1. The van der Waals surface area contributed by atoms with Gasteiger partial charge in [0, 0.05) is 17.3 Å². The van der Waals surface area contributed by atoms with Gasteiger partial charge >= 0.3 is 0 Å². The standard InChI is InChI=1S/C22H18N2O4/c1-2-15-28-21-10-6-3-7-18(21)22(25)16-11-13-17(14-12-16)23-19-8-4-5-9-20(19)24(26)27/h2-14,23H,1,15H2. The Balaban J connectivity index is 1.81. The number of hydrogen-bond acceptors (Lipinski definition) is 5. The van der Waals surface area contributed by atoms with Crippen LogP contribution in [0, 0.1) is 10.1 Å². The SMILES string of the molecule is C=CCOc1ccccc1C(=O)c1ccc(Nc2ccccc2[N+](=O)[O-])cc1. The summed E-state index contributed by atoms with van der Waals surface area (Å²) in [7, 11) is 0. The van der Waals surface area contributed by atoms with E-state index in [0.29, 0.717) is 34.9 Å². The molecule has 0 aliphatic rings. The topological polar surface area (TPSA) is 81.5 Å². The minimum absolute atomic E-state index is 0.0176. The van der Waals surface area contributed by atoms with E-state index in [4.69, 9.17) is 4.74 Å². The van der Waals surface area contributed by atoms with E-state index in [0.717, 1.165) is 0 Å². The molecule has 0 aliphatic heterocycles. The summed E-state index contributed by atoms with van der Waals surface area (Å²) in [6.07, 6.45) is 1.62. The maximum Gasteiger partial charge on any atom is 0.292 e. The lowest BCUT2D eigenvalue weighted by molar-refractivity contribution is -0.383. The first-order valence-corrected chi connectivity index (χ1v) is 8.58. The van der Waals surface area contributed by atoms with Crippen LogP contribution in [0.25, 0.3) is 0 Å². The third-order valence-corrected chi connectivity index (χ3v) is 4.02. The van der Waals surface area contributed by atoms with E-state index in [1.807, 2.05) is 0 Å². The van der Waals surface area contributed by atoms with Crippen LogP contribution < -0.4 is 10.1 Å². The molecule has 6 nitrogen and oxygen atoms in total. The second kappa shape index (κ2) is 8.64. The number of rotatable bonds is 8. The highest BCUT2D eigenvalue weighted by molar-refractivity contribution is 6.10. The van der Waals surface area contributed by atoms with Crippen LogP contribution in [-0.4, -0.2) is 17.3 Å². The fourth-order valence-corrected chi connectivity index (χ4v) is 2.68. The first-order chi connectivity index (χ1) is 13.6. The van der Waals surface area contributed by atoms with Crippen LogP contribution >= 0.6 is 0 Å². The number of nitro groups is 1. The molecular formula is C22H18N2O4. The molecule has 0 fully saturated rings. The summed E-state index contributed by atoms with van der Waals surface area (Å²) in [5.74, 6) is 0.325. The zero-order valence-corrected chi connectivity index (χ0v) is 15.0. The molecule has 3 aromatic rings. The number of para-hydroxylation sites is 3. The van der Waals surface area contributed by atoms with Crippen molar-refractivity contribution < 1.29 is 14.5 Å². The van der Waals surface area contributed by atoms with Crippen LogP contribution in [0.1, 0.15) is 15.9 Å². The second-order valence-corrected chi connectivity index (χ2v) is 5.90. The van der Waals surface area contributed by atoms with Crippen LogP contribution in [-0.2, 0) is 0 Å². The van der Waals surface area contributed by atoms with E-state index >= 15 is 0 Å². The molecule has 140 valence electrons. The third-order valence-electron chi connectivity index (χ3n) is 4.02. The number of nitrogens with zero attached hydrogens (tertiary/aromatic N) is 1. The lowest BCUT2D eigenvalue weighted by atomic mass is 10.0. The number of ether oxygens (including phenoxy) is 1. The quantitative estimate of drug-likeness (QED) is 0.256. The summed E-state index contributed by atoms with van der Waals surface area (Å²) in [6, 6.07) is 20.2. The molecule has 0 spiro atoms. The maximum atomic E-state index is 12.8. The molecule has 0 aliphatic carbocycles. The van der Waals surface area contributed by atoms with E-state index in [-0.39, 0.29) is 11.5 Å². The largest absolute Gasteiger partial charge is 0.489 e. The molecular weight excluding hydrogens is 356 g/mol. The van der Waals surface area contributed by atoms with Crippen molar-refractivity contribution >= 4 is 22.8 Å². The van der Waals surface area contributed by atoms with Crippen LogP contribution in [0.15, 0.2) is 85.5 Å². The molecule has 0 aromatic heterocycles. The summed E-state index contributed by atoms with van der Waals surface area (Å²) in [4.78, 5) is 23.5. The molecule has 0 saturated heterocycles. The van der Waals surface area contributed by atoms with Gasteiger partial charge in [-0.3, -0.25) is 14.9 Å². The highest BCUT2D eigenvalue weighted by Gasteiger charge is 2.15. The third kappa shape index (κ3) is 4.24. The van der Waals surface area contributed by atoms with Gasteiger partial charge in [-0.25, -0.2) is 0 Å². The van der Waals surface area contributed by atoms with Gasteiger partial charge in [0.25, 0.3) is 5.69 Å². The van der Waals surface area contributed by atoms with Crippen LogP contribution in [0.3, 0.4) is 0 Å². The number of ketones is 1. The molecule has 0 radical (unpaired) electrons. The van der Waals surface area contributed by atoms with Crippen molar-refractivity contribution in [3.05, 3.63) is 107 Å². The van der Waals surface area contributed by atoms with E-state index in [1.54, 1.807) is 72.8 Å². The summed E-state index contributed by atoms with van der Waals surface area (Å²) in [6.45, 7) is 3.92. The van der Waals surface area contributed by atoms with Crippen molar-refractivity contribution in [2.75, 3.05) is 11.9 Å². The Morgan fingerprint density at radius 2 is 1.71 bits per heavy atom. The molecule has 0 amide bonds. The minimum atomic E-state index is -0.444. The monoisotopic (exact) mass is 374 g/mol. The van der Waals surface area contributed by atoms with Gasteiger partial charge in [0.1, 0.15) is 18.0 Å². The Hall–Kier alpha value is -3.93. The average Bonchev–Trinajstić information content (AvgIpc) is 2.73. The van der Waals surface area contributed by atoms with Crippen molar-refractivity contribution in [1.29, 1.82) is 0 Å². The Morgan fingerprint density at radius 3 is 2.43 bits per heavy atom. The Kier molecular flexibility index (Phi) is 5.81. The number of nitrogens with one attached hydrogen (secondary N) is 1. The van der Waals surface area contributed by atoms with Gasteiger partial charge in [-0.1, -0.05) is 36.9 Å². The fraction of sp³-hybridized carbons (Fsp3) is 0.0455. The van der Waals surface area contributed by atoms with Gasteiger partial charge in [-0.05, 0) is 42.5 Å². The number of carbonyl (C=O) groups is 1. The molecule has 0 unspecified atom stereocenters. The van der Waals surface area contributed by atoms with Gasteiger partial charge in [0.2, 0.25) is 0 Å². The van der Waals surface area contributed by atoms with Crippen molar-refractivity contribution in [2.45, 2.75) is 0 Å². The lowest BCUT2D eigenvalue weighted by Gasteiger charge is -2.10. The van der Waals surface area contributed by atoms with Crippen LogP contribution in [0.5, 0.6) is 5.75 Å². The first kappa shape index (κ1) is 18.8. The molecule has 3 aromatic carbocycles. The van der Waals surface area contributed by atoms with Crippen molar-refractivity contribution in [1.82, 2.24) is 0 Å². The normalized spacial score (nSPS) is 10.1. The summed E-state index contributed by atoms with van der Waals surface area (Å²) in [5, 5.41) is 14.1. The fourth-order valence-electron chi connectivity index (χ4n) is 2.68. The number of anilines is 2. The van der Waals surface area contributed by atoms with E-state index < -0.39 is 4.92 Å². The van der Waals surface area contributed by atoms with Crippen molar-refractivity contribution in [2.24, 2.45) is 0 Å². The van der Waals surface area contributed by atoms with Gasteiger partial charge in [0.05, 0.1) is 10.5 Å². The zero-order chi connectivity index (χ0) is 19.9. The van der Waals surface area contributed by atoms with E-state index in [2.05, 4.69) is 11.9 Å². The molecule has 0 atom stereocenters. The van der Waals surface area contributed by atoms with Gasteiger partial charge < -0.3 is 10.1 Å².